The molecule has 0 aromatic carbocycles. The molecular formula is C14H23N5O5. The van der Waals surface area contributed by atoms with E-state index >= 15 is 0 Å². The number of ketones is 1. The van der Waals surface area contributed by atoms with Gasteiger partial charge in [-0.2, -0.15) is 0 Å². The molecule has 0 aliphatic heterocycles. The zero-order valence-electron chi connectivity index (χ0n) is 13.9. The van der Waals surface area contributed by atoms with Gasteiger partial charge in [0.1, 0.15) is 18.9 Å². The Morgan fingerprint density at radius 1 is 1.54 bits per heavy atom. The van der Waals surface area contributed by atoms with Crippen molar-refractivity contribution in [3.8, 4) is 0 Å². The summed E-state index contributed by atoms with van der Waals surface area (Å²) in [7, 11) is 1.46. The average molecular weight is 341 g/mol. The zero-order chi connectivity index (χ0) is 18.1. The molecule has 2 atom stereocenters. The number of aliphatic imine (C=N–C) groups is 1. The first-order valence-corrected chi connectivity index (χ1v) is 7.35. The number of nitrogens with zero attached hydrogens (tertiary/aromatic N) is 3. The van der Waals surface area contributed by atoms with Gasteiger partial charge in [0, 0.05) is 26.7 Å². The smallest absolute Gasteiger partial charge is 0.314 e. The van der Waals surface area contributed by atoms with Crippen molar-refractivity contribution in [3.63, 3.8) is 0 Å². The number of imidazole rings is 1. The van der Waals surface area contributed by atoms with Crippen molar-refractivity contribution in [3.05, 3.63) is 12.0 Å². The summed E-state index contributed by atoms with van der Waals surface area (Å²) in [4.78, 5) is 30.9. The fourth-order valence-corrected chi connectivity index (χ4v) is 1.86. The molecule has 1 aromatic rings. The summed E-state index contributed by atoms with van der Waals surface area (Å²) in [5.74, 6) is 0.101. The maximum absolute atomic E-state index is 11.5. The van der Waals surface area contributed by atoms with Crippen molar-refractivity contribution in [1.82, 2.24) is 20.2 Å². The van der Waals surface area contributed by atoms with E-state index in [-0.39, 0.29) is 24.8 Å². The summed E-state index contributed by atoms with van der Waals surface area (Å²) in [5.41, 5.74) is 0.208. The first-order chi connectivity index (χ1) is 11.4. The Labute approximate surface area is 139 Å². The van der Waals surface area contributed by atoms with Crippen LogP contribution in [0.1, 0.15) is 24.3 Å². The minimum Gasteiger partial charge on any atom is -0.394 e. The monoisotopic (exact) mass is 341 g/mol. The molecule has 0 saturated carbocycles. The number of Topliss-reactive ketones (excluding diaryl/α,β-unsaturated/α-hetero) is 1. The number of carbonyl (C=O) groups excluding carboxylic acids is 2. The van der Waals surface area contributed by atoms with E-state index in [0.29, 0.717) is 5.82 Å². The van der Waals surface area contributed by atoms with E-state index in [1.54, 1.807) is 6.92 Å². The summed E-state index contributed by atoms with van der Waals surface area (Å²) >= 11 is 0. The standard InChI is InChI=1S/C14H23N5O5/c1-4-16-13-12(9(2)21)18-7-19(13)8-24-11(10(22)6-20)5-17-14(23)15-3/h4,7,10-11,20,22H,5-6,8H2,1-3H3,(H2,15,17,23)/t10?,11-/m1/s1. The van der Waals surface area contributed by atoms with Crippen LogP contribution in [0.3, 0.4) is 0 Å². The largest absolute Gasteiger partial charge is 0.394 e. The fourth-order valence-electron chi connectivity index (χ4n) is 1.86. The first-order valence-electron chi connectivity index (χ1n) is 7.35. The minimum atomic E-state index is -1.18. The number of aromatic nitrogens is 2. The predicted octanol–water partition coefficient (Wildman–Crippen LogP) is -0.567. The van der Waals surface area contributed by atoms with E-state index in [9.17, 15) is 14.7 Å². The number of rotatable bonds is 9. The molecule has 1 heterocycles. The Bertz CT molecular complexity index is 586. The molecule has 0 aliphatic carbocycles. The van der Waals surface area contributed by atoms with E-state index in [0.717, 1.165) is 0 Å². The van der Waals surface area contributed by atoms with E-state index in [1.807, 2.05) is 0 Å². The van der Waals surface area contributed by atoms with Gasteiger partial charge in [0.05, 0.1) is 12.9 Å². The van der Waals surface area contributed by atoms with Crippen LogP contribution in [-0.2, 0) is 11.5 Å². The molecular weight excluding hydrogens is 318 g/mol. The molecule has 1 unspecified atom stereocenters. The van der Waals surface area contributed by atoms with Crippen LogP contribution in [0.4, 0.5) is 10.6 Å². The molecule has 10 nitrogen and oxygen atoms in total. The lowest BCUT2D eigenvalue weighted by atomic mass is 10.2. The Kier molecular flexibility index (Phi) is 8.02. The highest BCUT2D eigenvalue weighted by Gasteiger charge is 2.21. The Morgan fingerprint density at radius 3 is 2.79 bits per heavy atom. The van der Waals surface area contributed by atoms with Crippen LogP contribution < -0.4 is 10.6 Å². The topological polar surface area (TPSA) is 138 Å². The van der Waals surface area contributed by atoms with E-state index in [4.69, 9.17) is 9.84 Å². The van der Waals surface area contributed by atoms with Crippen LogP contribution in [0.25, 0.3) is 0 Å². The lowest BCUT2D eigenvalue weighted by Gasteiger charge is -2.22. The third-order valence-electron chi connectivity index (χ3n) is 3.13. The van der Waals surface area contributed by atoms with Crippen molar-refractivity contribution in [2.45, 2.75) is 32.8 Å². The van der Waals surface area contributed by atoms with Crippen molar-refractivity contribution < 1.29 is 24.5 Å². The number of hydrogen-bond donors (Lipinski definition) is 4. The molecule has 0 spiro atoms. The number of hydrogen-bond acceptors (Lipinski definition) is 7. The van der Waals surface area contributed by atoms with Crippen molar-refractivity contribution >= 4 is 23.8 Å². The van der Waals surface area contributed by atoms with Crippen LogP contribution in [-0.4, -0.2) is 70.2 Å². The van der Waals surface area contributed by atoms with Crippen LogP contribution >= 0.6 is 0 Å². The van der Waals surface area contributed by atoms with E-state index in [1.165, 1.54) is 31.1 Å². The van der Waals surface area contributed by atoms with Crippen molar-refractivity contribution in [2.75, 3.05) is 20.2 Å². The molecule has 0 bridgehead atoms. The summed E-state index contributed by atoms with van der Waals surface area (Å²) < 4.78 is 7.03. The van der Waals surface area contributed by atoms with Gasteiger partial charge in [0.25, 0.3) is 0 Å². The maximum Gasteiger partial charge on any atom is 0.314 e. The van der Waals surface area contributed by atoms with Crippen LogP contribution in [0.2, 0.25) is 0 Å². The number of aliphatic hydroxyl groups is 2. The lowest BCUT2D eigenvalue weighted by molar-refractivity contribution is -0.0777. The highest BCUT2D eigenvalue weighted by Crippen LogP contribution is 2.19. The molecule has 24 heavy (non-hydrogen) atoms. The fraction of sp³-hybridized carbons (Fsp3) is 0.571. The Hall–Kier alpha value is -2.30. The van der Waals surface area contributed by atoms with Gasteiger partial charge in [-0.05, 0) is 6.92 Å². The summed E-state index contributed by atoms with van der Waals surface area (Å²) in [6, 6.07) is -0.438. The average Bonchev–Trinajstić information content (AvgIpc) is 2.97. The summed E-state index contributed by atoms with van der Waals surface area (Å²) in [6.07, 6.45) is 0.880. The SMILES string of the molecule is CC=Nc1c(C(C)=O)ncn1CO[C@H](CNC(=O)NC)C(O)CO. The molecule has 0 saturated heterocycles. The third kappa shape index (κ3) is 5.41. The maximum atomic E-state index is 11.5. The van der Waals surface area contributed by atoms with Gasteiger partial charge < -0.3 is 25.6 Å². The minimum absolute atomic E-state index is 0.0119. The number of aliphatic hydroxyl groups excluding tert-OH is 2. The van der Waals surface area contributed by atoms with Gasteiger partial charge in [-0.15, -0.1) is 0 Å². The predicted molar refractivity (Wildman–Crippen MR) is 86.5 cm³/mol. The van der Waals surface area contributed by atoms with Gasteiger partial charge >= 0.3 is 6.03 Å². The second-order valence-corrected chi connectivity index (χ2v) is 4.87. The molecule has 0 aliphatic rings. The highest BCUT2D eigenvalue weighted by atomic mass is 16.5. The van der Waals surface area contributed by atoms with E-state index in [2.05, 4.69) is 20.6 Å². The number of amides is 2. The number of nitrogens with one attached hydrogen (secondary N) is 2. The Morgan fingerprint density at radius 2 is 2.25 bits per heavy atom. The van der Waals surface area contributed by atoms with Crippen LogP contribution in [0.5, 0.6) is 0 Å². The summed E-state index contributed by atoms with van der Waals surface area (Å²) in [6.45, 7) is 2.48. The molecule has 10 heteroatoms. The number of ether oxygens (including phenoxy) is 1. The summed E-state index contributed by atoms with van der Waals surface area (Å²) in [5, 5.41) is 23.8. The van der Waals surface area contributed by atoms with Crippen molar-refractivity contribution in [1.29, 1.82) is 0 Å². The van der Waals surface area contributed by atoms with Gasteiger partial charge in [-0.1, -0.05) is 0 Å². The molecule has 2 amide bonds. The third-order valence-corrected chi connectivity index (χ3v) is 3.13. The molecule has 0 fully saturated rings. The molecule has 4 N–H and O–H groups in total. The van der Waals surface area contributed by atoms with Crippen molar-refractivity contribution in [2.24, 2.45) is 4.99 Å². The van der Waals surface area contributed by atoms with Gasteiger partial charge in [0.2, 0.25) is 0 Å². The lowest BCUT2D eigenvalue weighted by Crippen LogP contribution is -2.45. The van der Waals surface area contributed by atoms with Crippen LogP contribution in [0, 0.1) is 0 Å². The Balaban J connectivity index is 2.82. The second kappa shape index (κ2) is 9.75. The highest BCUT2D eigenvalue weighted by molar-refractivity contribution is 5.96. The zero-order valence-corrected chi connectivity index (χ0v) is 13.9. The quantitative estimate of drug-likeness (QED) is 0.351. The van der Waals surface area contributed by atoms with Gasteiger partial charge in [-0.25, -0.2) is 14.8 Å². The molecule has 1 rings (SSSR count). The van der Waals surface area contributed by atoms with E-state index < -0.39 is 24.8 Å². The number of urea groups is 1. The molecule has 134 valence electrons. The molecule has 0 radical (unpaired) electrons. The molecule has 1 aromatic heterocycles. The van der Waals surface area contributed by atoms with Crippen LogP contribution in [0.15, 0.2) is 11.3 Å². The number of carbonyl (C=O) groups is 2. The second-order valence-electron chi connectivity index (χ2n) is 4.87. The van der Waals surface area contributed by atoms with Gasteiger partial charge in [-0.3, -0.25) is 9.36 Å². The normalized spacial score (nSPS) is 13.7. The van der Waals surface area contributed by atoms with Gasteiger partial charge in [0.15, 0.2) is 17.3 Å². The first kappa shape index (κ1) is 19.7.